The number of imide groups is 1. The van der Waals surface area contributed by atoms with Crippen LogP contribution in [0.3, 0.4) is 0 Å². The topological polar surface area (TPSA) is 71.4 Å². The van der Waals surface area contributed by atoms with Crippen molar-refractivity contribution in [2.24, 2.45) is 0 Å². The van der Waals surface area contributed by atoms with Crippen LogP contribution in [0.5, 0.6) is 0 Å². The Balaban J connectivity index is 1.61. The lowest BCUT2D eigenvalue weighted by atomic mass is 9.85. The molecule has 1 saturated heterocycles. The molecule has 1 aromatic heterocycles. The predicted octanol–water partition coefficient (Wildman–Crippen LogP) is 3.87. The highest BCUT2D eigenvalue weighted by molar-refractivity contribution is 6.11. The summed E-state index contributed by atoms with van der Waals surface area (Å²) in [6, 6.07) is 11.1. The maximum absolute atomic E-state index is 13.4. The van der Waals surface area contributed by atoms with Crippen molar-refractivity contribution < 1.29 is 14.4 Å². The van der Waals surface area contributed by atoms with E-state index in [1.807, 2.05) is 57.2 Å². The van der Waals surface area contributed by atoms with E-state index in [-0.39, 0.29) is 18.2 Å². The second kappa shape index (κ2) is 7.17. The summed E-state index contributed by atoms with van der Waals surface area (Å²) in [6.45, 7) is 5.68. The Labute approximate surface area is 170 Å². The van der Waals surface area contributed by atoms with Crippen molar-refractivity contribution in [2.75, 3.05) is 6.54 Å². The average molecular weight is 393 g/mol. The first-order valence-corrected chi connectivity index (χ1v) is 10.3. The number of urea groups is 1. The van der Waals surface area contributed by atoms with Crippen molar-refractivity contribution >= 4 is 17.7 Å². The van der Waals surface area contributed by atoms with Crippen LogP contribution in [-0.4, -0.2) is 33.7 Å². The van der Waals surface area contributed by atoms with Crippen molar-refractivity contribution in [3.63, 3.8) is 0 Å². The van der Waals surface area contributed by atoms with Crippen molar-refractivity contribution in [1.29, 1.82) is 0 Å². The number of carbonyl (C=O) groups is 3. The minimum atomic E-state index is -1.10. The van der Waals surface area contributed by atoms with E-state index in [4.69, 9.17) is 0 Å². The minimum Gasteiger partial charge on any atom is -0.345 e. The Morgan fingerprint density at radius 3 is 2.48 bits per heavy atom. The Bertz CT molecular complexity index is 975. The molecule has 1 aliphatic carbocycles. The molecule has 0 bridgehead atoms. The first-order valence-electron chi connectivity index (χ1n) is 10.3. The molecule has 6 nitrogen and oxygen atoms in total. The van der Waals surface area contributed by atoms with Crippen molar-refractivity contribution in [2.45, 2.75) is 58.0 Å². The number of hydrogen-bond acceptors (Lipinski definition) is 3. The smallest absolute Gasteiger partial charge is 0.325 e. The SMILES string of the molecule is CCCC1(c2ccccc2)NC(=O)N(CC(=O)c2cc(C)n(C3CC3)c2C)C1=O. The fourth-order valence-electron chi connectivity index (χ4n) is 4.56. The zero-order valence-corrected chi connectivity index (χ0v) is 17.2. The average Bonchev–Trinajstić information content (AvgIpc) is 3.45. The van der Waals surface area contributed by atoms with Crippen LogP contribution >= 0.6 is 0 Å². The number of Topliss-reactive ketones (excluding diaryl/α,β-unsaturated/α-hetero) is 1. The van der Waals surface area contributed by atoms with E-state index >= 15 is 0 Å². The van der Waals surface area contributed by atoms with E-state index in [9.17, 15) is 14.4 Å². The second-order valence-corrected chi connectivity index (χ2v) is 8.15. The lowest BCUT2D eigenvalue weighted by molar-refractivity contribution is -0.131. The Hall–Kier alpha value is -2.89. The Kier molecular flexibility index (Phi) is 4.81. The Morgan fingerprint density at radius 1 is 1.17 bits per heavy atom. The van der Waals surface area contributed by atoms with E-state index in [1.54, 1.807) is 0 Å². The lowest BCUT2D eigenvalue weighted by Crippen LogP contribution is -2.44. The van der Waals surface area contributed by atoms with Crippen molar-refractivity contribution in [1.82, 2.24) is 14.8 Å². The van der Waals surface area contributed by atoms with E-state index < -0.39 is 11.6 Å². The van der Waals surface area contributed by atoms with Gasteiger partial charge >= 0.3 is 6.03 Å². The maximum atomic E-state index is 13.4. The van der Waals surface area contributed by atoms with E-state index in [0.29, 0.717) is 18.0 Å². The van der Waals surface area contributed by atoms with Crippen molar-refractivity contribution in [3.8, 4) is 0 Å². The first-order chi connectivity index (χ1) is 13.9. The highest BCUT2D eigenvalue weighted by atomic mass is 16.2. The van der Waals surface area contributed by atoms with Gasteiger partial charge < -0.3 is 9.88 Å². The number of hydrogen-bond donors (Lipinski definition) is 1. The molecule has 2 fully saturated rings. The largest absolute Gasteiger partial charge is 0.345 e. The van der Waals surface area contributed by atoms with Crippen LogP contribution in [0, 0.1) is 13.8 Å². The number of amides is 3. The van der Waals surface area contributed by atoms with E-state index in [0.717, 1.165) is 41.1 Å². The van der Waals surface area contributed by atoms with Gasteiger partial charge in [-0.05, 0) is 44.7 Å². The van der Waals surface area contributed by atoms with Crippen LogP contribution in [0.15, 0.2) is 36.4 Å². The molecule has 1 saturated carbocycles. The molecule has 1 unspecified atom stereocenters. The van der Waals surface area contributed by atoms with Crippen LogP contribution < -0.4 is 5.32 Å². The Morgan fingerprint density at radius 2 is 1.86 bits per heavy atom. The molecular formula is C23H27N3O3. The number of rotatable bonds is 7. The summed E-state index contributed by atoms with van der Waals surface area (Å²) in [5.74, 6) is -0.547. The van der Waals surface area contributed by atoms with E-state index in [2.05, 4.69) is 9.88 Å². The third kappa shape index (κ3) is 3.16. The molecular weight excluding hydrogens is 366 g/mol. The van der Waals surface area contributed by atoms with Gasteiger partial charge in [-0.25, -0.2) is 4.79 Å². The van der Waals surface area contributed by atoms with Crippen LogP contribution in [-0.2, 0) is 10.3 Å². The van der Waals surface area contributed by atoms with Crippen LogP contribution in [0.2, 0.25) is 0 Å². The van der Waals surface area contributed by atoms with Gasteiger partial charge in [0.2, 0.25) is 0 Å². The zero-order chi connectivity index (χ0) is 20.8. The number of benzene rings is 1. The van der Waals surface area contributed by atoms with E-state index in [1.165, 1.54) is 0 Å². The quantitative estimate of drug-likeness (QED) is 0.573. The lowest BCUT2D eigenvalue weighted by Gasteiger charge is -2.26. The third-order valence-electron chi connectivity index (χ3n) is 6.07. The summed E-state index contributed by atoms with van der Waals surface area (Å²) in [5, 5.41) is 2.88. The number of aryl methyl sites for hydroxylation is 1. The molecule has 0 spiro atoms. The molecule has 6 heteroatoms. The molecule has 1 aliphatic heterocycles. The number of nitrogens with one attached hydrogen (secondary N) is 1. The van der Waals surface area contributed by atoms with Gasteiger partial charge in [-0.2, -0.15) is 0 Å². The zero-order valence-electron chi connectivity index (χ0n) is 17.2. The molecule has 29 heavy (non-hydrogen) atoms. The molecule has 1 N–H and O–H groups in total. The summed E-state index contributed by atoms with van der Waals surface area (Å²) in [7, 11) is 0. The summed E-state index contributed by atoms with van der Waals surface area (Å²) in [6.07, 6.45) is 3.48. The normalized spacial score (nSPS) is 21.6. The third-order valence-corrected chi connectivity index (χ3v) is 6.07. The molecule has 1 atom stereocenters. The molecule has 1 aromatic carbocycles. The molecule has 4 rings (SSSR count). The number of aromatic nitrogens is 1. The summed E-state index contributed by atoms with van der Waals surface area (Å²) in [5.41, 5.74) is 2.23. The summed E-state index contributed by atoms with van der Waals surface area (Å²) in [4.78, 5) is 40.2. The van der Waals surface area contributed by atoms with Gasteiger partial charge in [0.1, 0.15) is 5.54 Å². The minimum absolute atomic E-state index is 0.200. The van der Waals surface area contributed by atoms with Crippen LogP contribution in [0.1, 0.15) is 66.0 Å². The number of carbonyl (C=O) groups excluding carboxylic acids is 3. The van der Waals surface area contributed by atoms with Gasteiger partial charge in [-0.15, -0.1) is 0 Å². The number of ketones is 1. The van der Waals surface area contributed by atoms with Gasteiger partial charge in [-0.1, -0.05) is 43.7 Å². The molecule has 2 heterocycles. The highest BCUT2D eigenvalue weighted by Gasteiger charge is 2.52. The standard InChI is InChI=1S/C23H27N3O3/c1-4-12-23(17-8-6-5-7-9-17)21(28)25(22(29)24-23)14-20(27)19-13-15(2)26(16(19)3)18-10-11-18/h5-9,13,18H,4,10-12,14H2,1-3H3,(H,24,29). The highest BCUT2D eigenvalue weighted by Crippen LogP contribution is 2.39. The second-order valence-electron chi connectivity index (χ2n) is 8.15. The number of nitrogens with zero attached hydrogens (tertiary/aromatic N) is 2. The van der Waals surface area contributed by atoms with Crippen LogP contribution in [0.4, 0.5) is 4.79 Å². The fourth-order valence-corrected chi connectivity index (χ4v) is 4.56. The van der Waals surface area contributed by atoms with Gasteiger partial charge in [0.25, 0.3) is 5.91 Å². The first kappa shape index (κ1) is 19.4. The van der Waals surface area contributed by atoms with Gasteiger partial charge in [0, 0.05) is 23.0 Å². The summed E-state index contributed by atoms with van der Waals surface area (Å²) < 4.78 is 2.20. The summed E-state index contributed by atoms with van der Waals surface area (Å²) >= 11 is 0. The van der Waals surface area contributed by atoms with Crippen LogP contribution in [0.25, 0.3) is 0 Å². The molecule has 152 valence electrons. The fraction of sp³-hybridized carbons (Fsp3) is 0.435. The monoisotopic (exact) mass is 393 g/mol. The van der Waals surface area contributed by atoms with Gasteiger partial charge in [-0.3, -0.25) is 14.5 Å². The molecule has 2 aliphatic rings. The van der Waals surface area contributed by atoms with Gasteiger partial charge in [0.15, 0.2) is 5.78 Å². The van der Waals surface area contributed by atoms with Gasteiger partial charge in [0.05, 0.1) is 6.54 Å². The van der Waals surface area contributed by atoms with Crippen molar-refractivity contribution in [3.05, 3.63) is 58.9 Å². The predicted molar refractivity (Wildman–Crippen MR) is 110 cm³/mol. The molecule has 3 amide bonds. The molecule has 0 radical (unpaired) electrons. The molecule has 2 aromatic rings. The maximum Gasteiger partial charge on any atom is 0.325 e.